The van der Waals surface area contributed by atoms with Crippen molar-refractivity contribution in [2.45, 2.75) is 46.5 Å². The Morgan fingerprint density at radius 2 is 1.86 bits per heavy atom. The summed E-state index contributed by atoms with van der Waals surface area (Å²) in [5.41, 5.74) is 4.18. The molecule has 0 aliphatic carbocycles. The van der Waals surface area contributed by atoms with Gasteiger partial charge in [0.05, 0.1) is 11.3 Å². The third kappa shape index (κ3) is 5.23. The number of aryl methyl sites for hydroxylation is 2. The Morgan fingerprint density at radius 1 is 1.07 bits per heavy atom. The van der Waals surface area contributed by atoms with Gasteiger partial charge in [0.1, 0.15) is 11.5 Å². The van der Waals surface area contributed by atoms with Gasteiger partial charge < -0.3 is 10.1 Å². The predicted octanol–water partition coefficient (Wildman–Crippen LogP) is 6.51. The first-order valence-corrected chi connectivity index (χ1v) is 10.1. The number of amides is 1. The molecule has 3 rings (SSSR count). The van der Waals surface area contributed by atoms with Crippen LogP contribution in [0.25, 0.3) is 0 Å². The molecule has 0 aliphatic rings. The predicted molar refractivity (Wildman–Crippen MR) is 118 cm³/mol. The third-order valence-corrected chi connectivity index (χ3v) is 4.75. The van der Waals surface area contributed by atoms with Crippen LogP contribution in [-0.4, -0.2) is 10.9 Å². The molecule has 0 aliphatic heterocycles. The Kier molecular flexibility index (Phi) is 6.65. The molecule has 1 N–H and O–H groups in total. The maximum Gasteiger partial charge on any atom is 0.257 e. The van der Waals surface area contributed by atoms with Gasteiger partial charge in [-0.1, -0.05) is 51.5 Å². The van der Waals surface area contributed by atoms with Crippen molar-refractivity contribution in [3.8, 4) is 11.5 Å². The Bertz CT molecular complexity index is 996. The molecule has 2 aromatic carbocycles. The van der Waals surface area contributed by atoms with Crippen LogP contribution in [0.1, 0.15) is 60.4 Å². The number of carbonyl (C=O) groups excluding carboxylic acids is 1. The van der Waals surface area contributed by atoms with E-state index in [2.05, 4.69) is 37.1 Å². The second-order valence-corrected chi connectivity index (χ2v) is 7.46. The van der Waals surface area contributed by atoms with Gasteiger partial charge in [-0.15, -0.1) is 0 Å². The molecule has 0 fully saturated rings. The van der Waals surface area contributed by atoms with Gasteiger partial charge in [-0.05, 0) is 55.2 Å². The average molecular weight is 389 g/mol. The van der Waals surface area contributed by atoms with E-state index in [0.29, 0.717) is 22.9 Å². The summed E-state index contributed by atoms with van der Waals surface area (Å²) in [6, 6.07) is 19.2. The number of nitrogens with one attached hydrogen (secondary N) is 1. The lowest BCUT2D eigenvalue weighted by Crippen LogP contribution is -2.14. The first kappa shape index (κ1) is 20.6. The molecule has 4 heteroatoms. The molecule has 1 heterocycles. The SMILES string of the molecule is CCCc1ccc(C(=O)Nc2cccc(Oc3ccccc3C(C)C)c2)c(C)n1. The molecule has 0 saturated heterocycles. The molecule has 0 bridgehead atoms. The summed E-state index contributed by atoms with van der Waals surface area (Å²) in [5, 5.41) is 2.96. The van der Waals surface area contributed by atoms with E-state index in [1.165, 1.54) is 0 Å². The number of pyridine rings is 1. The number of benzene rings is 2. The lowest BCUT2D eigenvalue weighted by Gasteiger charge is -2.14. The quantitative estimate of drug-likeness (QED) is 0.502. The second-order valence-electron chi connectivity index (χ2n) is 7.46. The van der Waals surface area contributed by atoms with Gasteiger partial charge >= 0.3 is 0 Å². The van der Waals surface area contributed by atoms with Crippen LogP contribution in [0.3, 0.4) is 0 Å². The molecule has 0 radical (unpaired) electrons. The molecule has 1 amide bonds. The van der Waals surface area contributed by atoms with Crippen molar-refractivity contribution < 1.29 is 9.53 Å². The van der Waals surface area contributed by atoms with Crippen LogP contribution >= 0.6 is 0 Å². The number of ether oxygens (including phenoxy) is 1. The first-order chi connectivity index (χ1) is 14.0. The van der Waals surface area contributed by atoms with Gasteiger partial charge in [0, 0.05) is 17.4 Å². The van der Waals surface area contributed by atoms with E-state index < -0.39 is 0 Å². The van der Waals surface area contributed by atoms with Crippen LogP contribution < -0.4 is 10.1 Å². The summed E-state index contributed by atoms with van der Waals surface area (Å²) in [4.78, 5) is 17.3. The van der Waals surface area contributed by atoms with Crippen molar-refractivity contribution in [2.24, 2.45) is 0 Å². The summed E-state index contributed by atoms with van der Waals surface area (Å²) in [6.45, 7) is 8.27. The van der Waals surface area contributed by atoms with E-state index in [4.69, 9.17) is 4.74 Å². The summed E-state index contributed by atoms with van der Waals surface area (Å²) >= 11 is 0. The van der Waals surface area contributed by atoms with Gasteiger partial charge in [0.25, 0.3) is 5.91 Å². The number of anilines is 1. The second kappa shape index (κ2) is 9.37. The molecule has 29 heavy (non-hydrogen) atoms. The van der Waals surface area contributed by atoms with Crippen molar-refractivity contribution in [3.63, 3.8) is 0 Å². The fourth-order valence-electron chi connectivity index (χ4n) is 3.26. The van der Waals surface area contributed by atoms with Crippen molar-refractivity contribution in [3.05, 3.63) is 83.2 Å². The van der Waals surface area contributed by atoms with Crippen LogP contribution in [0.5, 0.6) is 11.5 Å². The van der Waals surface area contributed by atoms with Gasteiger partial charge in [-0.25, -0.2) is 0 Å². The molecular weight excluding hydrogens is 360 g/mol. The molecule has 0 saturated carbocycles. The lowest BCUT2D eigenvalue weighted by atomic mass is 10.0. The largest absolute Gasteiger partial charge is 0.457 e. The zero-order valence-electron chi connectivity index (χ0n) is 17.5. The monoisotopic (exact) mass is 388 g/mol. The summed E-state index contributed by atoms with van der Waals surface area (Å²) in [5.74, 6) is 1.71. The van der Waals surface area contributed by atoms with Crippen LogP contribution in [0.15, 0.2) is 60.7 Å². The Balaban J connectivity index is 1.76. The van der Waals surface area contributed by atoms with Gasteiger partial charge in [-0.2, -0.15) is 0 Å². The number of rotatable bonds is 7. The van der Waals surface area contributed by atoms with Crippen molar-refractivity contribution in [2.75, 3.05) is 5.32 Å². The minimum atomic E-state index is -0.169. The van der Waals surface area contributed by atoms with Crippen molar-refractivity contribution >= 4 is 11.6 Å². The fourth-order valence-corrected chi connectivity index (χ4v) is 3.26. The zero-order valence-corrected chi connectivity index (χ0v) is 17.5. The van der Waals surface area contributed by atoms with Crippen LogP contribution in [-0.2, 0) is 6.42 Å². The van der Waals surface area contributed by atoms with E-state index >= 15 is 0 Å². The van der Waals surface area contributed by atoms with Crippen molar-refractivity contribution in [1.29, 1.82) is 0 Å². The highest BCUT2D eigenvalue weighted by atomic mass is 16.5. The number of nitrogens with zero attached hydrogens (tertiary/aromatic N) is 1. The number of carbonyl (C=O) groups is 1. The molecule has 150 valence electrons. The molecule has 4 nitrogen and oxygen atoms in total. The Hall–Kier alpha value is -3.14. The third-order valence-electron chi connectivity index (χ3n) is 4.75. The van der Waals surface area contributed by atoms with Gasteiger partial charge in [0.15, 0.2) is 0 Å². The molecular formula is C25H28N2O2. The van der Waals surface area contributed by atoms with Gasteiger partial charge in [-0.3, -0.25) is 9.78 Å². The molecule has 1 aromatic heterocycles. The summed E-state index contributed by atoms with van der Waals surface area (Å²) < 4.78 is 6.10. The number of aromatic nitrogens is 1. The molecule has 0 atom stereocenters. The van der Waals surface area contributed by atoms with Gasteiger partial charge in [0.2, 0.25) is 0 Å². The zero-order chi connectivity index (χ0) is 20.8. The average Bonchev–Trinajstić information content (AvgIpc) is 2.69. The highest BCUT2D eigenvalue weighted by Crippen LogP contribution is 2.31. The minimum Gasteiger partial charge on any atom is -0.457 e. The molecule has 0 spiro atoms. The highest BCUT2D eigenvalue weighted by molar-refractivity contribution is 6.05. The normalized spacial score (nSPS) is 10.8. The fraction of sp³-hybridized carbons (Fsp3) is 0.280. The van der Waals surface area contributed by atoms with E-state index in [0.717, 1.165) is 35.5 Å². The maximum atomic E-state index is 12.7. The minimum absolute atomic E-state index is 0.169. The van der Waals surface area contributed by atoms with Crippen LogP contribution in [0.2, 0.25) is 0 Å². The van der Waals surface area contributed by atoms with Crippen LogP contribution in [0.4, 0.5) is 5.69 Å². The number of hydrogen-bond donors (Lipinski definition) is 1. The Morgan fingerprint density at radius 3 is 2.59 bits per heavy atom. The maximum absolute atomic E-state index is 12.7. The topological polar surface area (TPSA) is 51.2 Å². The van der Waals surface area contributed by atoms with E-state index in [1.54, 1.807) is 0 Å². The van der Waals surface area contributed by atoms with Crippen molar-refractivity contribution in [1.82, 2.24) is 4.98 Å². The molecule has 0 unspecified atom stereocenters. The lowest BCUT2D eigenvalue weighted by molar-refractivity contribution is 0.102. The highest BCUT2D eigenvalue weighted by Gasteiger charge is 2.12. The van der Waals surface area contributed by atoms with E-state index in [1.807, 2.05) is 61.5 Å². The molecule has 3 aromatic rings. The number of hydrogen-bond acceptors (Lipinski definition) is 3. The standard InChI is InChI=1S/C25H28N2O2/c1-5-9-19-14-15-23(18(4)26-19)25(28)27-20-10-8-11-21(16-20)29-24-13-7-6-12-22(24)17(2)3/h6-8,10-17H,5,9H2,1-4H3,(H,27,28). The first-order valence-electron chi connectivity index (χ1n) is 10.1. The Labute approximate surface area is 173 Å². The smallest absolute Gasteiger partial charge is 0.257 e. The van der Waals surface area contributed by atoms with E-state index in [-0.39, 0.29) is 5.91 Å². The summed E-state index contributed by atoms with van der Waals surface area (Å²) in [6.07, 6.45) is 1.95. The summed E-state index contributed by atoms with van der Waals surface area (Å²) in [7, 11) is 0. The number of para-hydroxylation sites is 1. The van der Waals surface area contributed by atoms with E-state index in [9.17, 15) is 4.79 Å². The van der Waals surface area contributed by atoms with Crippen LogP contribution in [0, 0.1) is 6.92 Å².